The van der Waals surface area contributed by atoms with Crippen molar-refractivity contribution >= 4 is 19.8 Å². The van der Waals surface area contributed by atoms with Crippen molar-refractivity contribution in [2.75, 3.05) is 47.5 Å². The normalized spacial score (nSPS) is 14.1. The molecule has 1 unspecified atom stereocenters. The van der Waals surface area contributed by atoms with E-state index in [4.69, 9.17) is 18.5 Å². The molecule has 0 aromatic heterocycles. The fourth-order valence-corrected chi connectivity index (χ4v) is 6.21. The Morgan fingerprint density at radius 2 is 1.00 bits per heavy atom. The molecule has 0 aliphatic heterocycles. The fourth-order valence-electron chi connectivity index (χ4n) is 5.47. The molecule has 0 aliphatic carbocycles. The minimum absolute atomic E-state index is 0.0258. The van der Waals surface area contributed by atoms with Crippen LogP contribution in [0.1, 0.15) is 168 Å². The predicted molar refractivity (Wildman–Crippen MR) is 224 cm³/mol. The van der Waals surface area contributed by atoms with Crippen LogP contribution in [0.15, 0.2) is 48.6 Å². The lowest BCUT2D eigenvalue weighted by molar-refractivity contribution is -0.870. The lowest BCUT2D eigenvalue weighted by Crippen LogP contribution is -2.37. The maximum Gasteiger partial charge on any atom is 0.472 e. The van der Waals surface area contributed by atoms with Gasteiger partial charge >= 0.3 is 19.8 Å². The van der Waals surface area contributed by atoms with Crippen molar-refractivity contribution in [3.05, 3.63) is 48.6 Å². The van der Waals surface area contributed by atoms with Gasteiger partial charge in [0, 0.05) is 12.8 Å². The highest BCUT2D eigenvalue weighted by Gasteiger charge is 2.27. The molecule has 2 atom stereocenters. The van der Waals surface area contributed by atoms with Crippen LogP contribution in [-0.4, -0.2) is 74.9 Å². The molecule has 0 heterocycles. The van der Waals surface area contributed by atoms with Crippen LogP contribution < -0.4 is 0 Å². The number of esters is 2. The largest absolute Gasteiger partial charge is 0.472 e. The van der Waals surface area contributed by atoms with Crippen LogP contribution in [0.25, 0.3) is 0 Å². The summed E-state index contributed by atoms with van der Waals surface area (Å²) in [5.74, 6) is -0.836. The number of carbonyl (C=O) groups is 2. The highest BCUT2D eigenvalue weighted by molar-refractivity contribution is 7.47. The summed E-state index contributed by atoms with van der Waals surface area (Å²) in [5.41, 5.74) is 0. The number of allylic oxidation sites excluding steroid dienone is 8. The van der Waals surface area contributed by atoms with Gasteiger partial charge in [-0.05, 0) is 57.8 Å². The Bertz CT molecular complexity index is 1070. The van der Waals surface area contributed by atoms with Gasteiger partial charge in [0.2, 0.25) is 0 Å². The molecule has 0 spiro atoms. The zero-order valence-electron chi connectivity index (χ0n) is 35.2. The Labute approximate surface area is 331 Å². The van der Waals surface area contributed by atoms with E-state index in [0.717, 1.165) is 51.4 Å². The van der Waals surface area contributed by atoms with E-state index in [-0.39, 0.29) is 26.1 Å². The number of unbranched alkanes of at least 4 members (excludes halogenated alkanes) is 16. The maximum atomic E-state index is 12.6. The van der Waals surface area contributed by atoms with Crippen molar-refractivity contribution in [1.82, 2.24) is 0 Å². The number of hydrogen-bond acceptors (Lipinski definition) is 7. The van der Waals surface area contributed by atoms with Gasteiger partial charge < -0.3 is 18.9 Å². The molecule has 0 amide bonds. The molecule has 314 valence electrons. The second-order valence-electron chi connectivity index (χ2n) is 15.4. The number of quaternary nitrogens is 1. The number of nitrogens with zero attached hydrogens (tertiary/aromatic N) is 1. The average molecular weight is 783 g/mol. The first kappa shape index (κ1) is 52.0. The minimum Gasteiger partial charge on any atom is -0.462 e. The number of phosphoric ester groups is 1. The molecular weight excluding hydrogens is 701 g/mol. The summed E-state index contributed by atoms with van der Waals surface area (Å²) in [5, 5.41) is 0. The molecule has 0 aliphatic rings. The number of likely N-dealkylation sites (N-methyl/N-ethyl adjacent to an activating group) is 1. The molecule has 0 saturated heterocycles. The van der Waals surface area contributed by atoms with Gasteiger partial charge in [-0.2, -0.15) is 0 Å². The lowest BCUT2D eigenvalue weighted by Gasteiger charge is -2.24. The van der Waals surface area contributed by atoms with Gasteiger partial charge in [-0.1, -0.05) is 146 Å². The Morgan fingerprint density at radius 1 is 0.574 bits per heavy atom. The summed E-state index contributed by atoms with van der Waals surface area (Å²) in [4.78, 5) is 35.3. The van der Waals surface area contributed by atoms with Crippen LogP contribution in [0.2, 0.25) is 0 Å². The molecular formula is C44H81NO8P+. The van der Waals surface area contributed by atoms with Crippen LogP contribution in [0.5, 0.6) is 0 Å². The zero-order chi connectivity index (χ0) is 40.0. The lowest BCUT2D eigenvalue weighted by atomic mass is 10.1. The highest BCUT2D eigenvalue weighted by atomic mass is 31.2. The highest BCUT2D eigenvalue weighted by Crippen LogP contribution is 2.43. The van der Waals surface area contributed by atoms with Crippen molar-refractivity contribution in [2.24, 2.45) is 0 Å². The van der Waals surface area contributed by atoms with Gasteiger partial charge in [0.1, 0.15) is 19.8 Å². The van der Waals surface area contributed by atoms with Crippen molar-refractivity contribution in [3.63, 3.8) is 0 Å². The summed E-state index contributed by atoms with van der Waals surface area (Å²) in [6.07, 6.45) is 41.6. The van der Waals surface area contributed by atoms with Crippen LogP contribution in [0.3, 0.4) is 0 Å². The third-order valence-corrected chi connectivity index (χ3v) is 9.85. The van der Waals surface area contributed by atoms with Crippen LogP contribution in [-0.2, 0) is 32.7 Å². The van der Waals surface area contributed by atoms with Crippen LogP contribution in [0, 0.1) is 0 Å². The predicted octanol–water partition coefficient (Wildman–Crippen LogP) is 11.9. The maximum absolute atomic E-state index is 12.6. The summed E-state index contributed by atoms with van der Waals surface area (Å²) in [7, 11) is 1.45. The minimum atomic E-state index is -4.38. The molecule has 0 aromatic carbocycles. The molecule has 54 heavy (non-hydrogen) atoms. The van der Waals surface area contributed by atoms with Gasteiger partial charge in [-0.15, -0.1) is 0 Å². The van der Waals surface area contributed by atoms with E-state index >= 15 is 0 Å². The van der Waals surface area contributed by atoms with Crippen molar-refractivity contribution < 1.29 is 42.1 Å². The quantitative estimate of drug-likeness (QED) is 0.0217. The molecule has 0 radical (unpaired) electrons. The van der Waals surface area contributed by atoms with Gasteiger partial charge in [0.05, 0.1) is 27.7 Å². The summed E-state index contributed by atoms with van der Waals surface area (Å²) < 4.78 is 34.2. The van der Waals surface area contributed by atoms with Crippen molar-refractivity contribution in [3.8, 4) is 0 Å². The third kappa shape index (κ3) is 39.7. The van der Waals surface area contributed by atoms with E-state index in [9.17, 15) is 19.0 Å². The Kier molecular flexibility index (Phi) is 35.2. The van der Waals surface area contributed by atoms with E-state index < -0.39 is 32.5 Å². The van der Waals surface area contributed by atoms with Gasteiger partial charge in [-0.3, -0.25) is 18.6 Å². The van der Waals surface area contributed by atoms with Crippen LogP contribution >= 0.6 is 7.82 Å². The first-order valence-electron chi connectivity index (χ1n) is 21.4. The Morgan fingerprint density at radius 3 is 1.52 bits per heavy atom. The van der Waals surface area contributed by atoms with E-state index in [1.807, 2.05) is 21.1 Å². The molecule has 0 fully saturated rings. The number of hydrogen-bond donors (Lipinski definition) is 1. The summed E-state index contributed by atoms with van der Waals surface area (Å²) in [6.45, 7) is 4.34. The summed E-state index contributed by atoms with van der Waals surface area (Å²) >= 11 is 0. The number of rotatable bonds is 38. The third-order valence-electron chi connectivity index (χ3n) is 8.86. The van der Waals surface area contributed by atoms with E-state index in [1.165, 1.54) is 77.0 Å². The average Bonchev–Trinajstić information content (AvgIpc) is 3.12. The molecule has 0 saturated carbocycles. The van der Waals surface area contributed by atoms with E-state index in [1.54, 1.807) is 0 Å². The van der Waals surface area contributed by atoms with Crippen molar-refractivity contribution in [2.45, 2.75) is 174 Å². The molecule has 0 aromatic rings. The van der Waals surface area contributed by atoms with E-state index in [2.05, 4.69) is 62.5 Å². The molecule has 0 bridgehead atoms. The standard InChI is InChI=1S/C44H80NO8P/c1-6-8-10-12-14-16-18-19-20-21-22-23-24-25-27-28-30-32-34-36-43(46)50-40-42(41-52-54(48,49)51-39-38-45(3,4)5)53-44(47)37-35-33-31-29-26-17-15-13-11-9-7-2/h14,16,19-20,22-23,25,27,42H,6-13,15,17-18,21,24,26,28-41H2,1-5H3/p+1/b16-14+,20-19+,23-22+,27-25+/t42-/m0/s1. The first-order valence-corrected chi connectivity index (χ1v) is 22.9. The molecule has 10 heteroatoms. The number of ether oxygens (including phenoxy) is 2. The summed E-state index contributed by atoms with van der Waals surface area (Å²) in [6, 6.07) is 0. The van der Waals surface area contributed by atoms with Crippen LogP contribution in [0.4, 0.5) is 0 Å². The zero-order valence-corrected chi connectivity index (χ0v) is 36.1. The Hall–Kier alpha value is -2.03. The Balaban J connectivity index is 4.41. The van der Waals surface area contributed by atoms with Gasteiger partial charge in [0.15, 0.2) is 6.10 Å². The topological polar surface area (TPSA) is 108 Å². The first-order chi connectivity index (χ1) is 26.0. The number of carbonyl (C=O) groups excluding carboxylic acids is 2. The number of phosphoric acid groups is 1. The molecule has 0 rings (SSSR count). The van der Waals surface area contributed by atoms with Crippen molar-refractivity contribution in [1.29, 1.82) is 0 Å². The second kappa shape index (κ2) is 36.6. The monoisotopic (exact) mass is 783 g/mol. The van der Waals surface area contributed by atoms with Gasteiger partial charge in [0.25, 0.3) is 0 Å². The SMILES string of the molecule is CCCCC/C=C/C/C=C/C/C=C/C/C=C/CCCCCC(=O)OC[C@@H](COP(=O)(O)OCC[N+](C)(C)C)OC(=O)CCCCCCCCCCCCC. The fraction of sp³-hybridized carbons (Fsp3) is 0.773. The van der Waals surface area contributed by atoms with E-state index in [0.29, 0.717) is 23.9 Å². The smallest absolute Gasteiger partial charge is 0.462 e. The van der Waals surface area contributed by atoms with Gasteiger partial charge in [-0.25, -0.2) is 4.57 Å². The molecule has 9 nitrogen and oxygen atoms in total. The molecule has 1 N–H and O–H groups in total. The second-order valence-corrected chi connectivity index (χ2v) is 16.8.